The number of fused-ring (bicyclic) bond motifs is 1. The van der Waals surface area contributed by atoms with Gasteiger partial charge in [0.1, 0.15) is 12.4 Å². The number of nitrogens with zero attached hydrogens (tertiary/aromatic N) is 3. The van der Waals surface area contributed by atoms with E-state index < -0.39 is 0 Å². The Morgan fingerprint density at radius 1 is 1.19 bits per heavy atom. The van der Waals surface area contributed by atoms with Crippen LogP contribution in [0, 0.1) is 0 Å². The van der Waals surface area contributed by atoms with Crippen LogP contribution < -0.4 is 19.5 Å². The molecule has 3 aromatic rings. The number of thioether (sulfide) groups is 1. The number of allylic oxidation sites excluding steroid dienone is 1. The highest BCUT2D eigenvalue weighted by Gasteiger charge is 2.15. The monoisotopic (exact) mass is 438 g/mol. The van der Waals surface area contributed by atoms with Crippen molar-refractivity contribution in [3.63, 3.8) is 0 Å². The Bertz CT molecular complexity index is 1050. The summed E-state index contributed by atoms with van der Waals surface area (Å²) in [5.74, 6) is 3.26. The summed E-state index contributed by atoms with van der Waals surface area (Å²) in [5.41, 5.74) is 0.675. The molecule has 0 bridgehead atoms. The van der Waals surface area contributed by atoms with Crippen LogP contribution in [0.25, 0.3) is 0 Å². The average molecular weight is 439 g/mol. The second kappa shape index (κ2) is 10.0. The smallest absolute Gasteiger partial charge is 0.231 e. The number of hydrogen-bond donors (Lipinski definition) is 1. The zero-order valence-corrected chi connectivity index (χ0v) is 17.6. The third-order valence-electron chi connectivity index (χ3n) is 4.43. The summed E-state index contributed by atoms with van der Waals surface area (Å²) in [4.78, 5) is 12.3. The van der Waals surface area contributed by atoms with E-state index in [1.54, 1.807) is 24.3 Å². The van der Waals surface area contributed by atoms with E-state index >= 15 is 0 Å². The lowest BCUT2D eigenvalue weighted by molar-refractivity contribution is -0.115. The van der Waals surface area contributed by atoms with Crippen LogP contribution in [0.5, 0.6) is 17.2 Å². The van der Waals surface area contributed by atoms with Gasteiger partial charge in [-0.15, -0.1) is 16.8 Å². The Labute approximate surface area is 184 Å². The van der Waals surface area contributed by atoms with Crippen LogP contribution in [0.2, 0.25) is 0 Å². The molecule has 1 aromatic heterocycles. The second-order valence-corrected chi connectivity index (χ2v) is 7.68. The molecule has 0 saturated carbocycles. The third-order valence-corrected chi connectivity index (χ3v) is 5.40. The predicted molar refractivity (Wildman–Crippen MR) is 118 cm³/mol. The van der Waals surface area contributed by atoms with Crippen molar-refractivity contribution >= 4 is 23.4 Å². The van der Waals surface area contributed by atoms with Gasteiger partial charge in [-0.3, -0.25) is 9.36 Å². The van der Waals surface area contributed by atoms with Gasteiger partial charge in [0.05, 0.1) is 0 Å². The summed E-state index contributed by atoms with van der Waals surface area (Å²) >= 11 is 1.47. The van der Waals surface area contributed by atoms with Crippen LogP contribution in [-0.4, -0.2) is 33.2 Å². The van der Waals surface area contributed by atoms with Crippen molar-refractivity contribution < 1.29 is 19.0 Å². The minimum absolute atomic E-state index is 0.0891. The number of amides is 1. The van der Waals surface area contributed by atoms with E-state index in [9.17, 15) is 4.79 Å². The SMILES string of the molecule is C=CCn1c(COc2ccccc2)nnc1SCCC(=O)Nc1ccc2c(c1)OCO2. The Morgan fingerprint density at radius 3 is 2.87 bits per heavy atom. The predicted octanol–water partition coefficient (Wildman–Crippen LogP) is 3.89. The summed E-state index contributed by atoms with van der Waals surface area (Å²) in [7, 11) is 0. The molecule has 0 spiro atoms. The maximum atomic E-state index is 12.3. The van der Waals surface area contributed by atoms with E-state index in [1.807, 2.05) is 34.9 Å². The minimum Gasteiger partial charge on any atom is -0.486 e. The number of carbonyl (C=O) groups excluding carboxylic acids is 1. The Morgan fingerprint density at radius 2 is 2.03 bits per heavy atom. The standard InChI is InChI=1S/C22H22N4O4S/c1-2-11-26-20(14-28-17-6-4-3-5-7-17)24-25-22(26)31-12-10-21(27)23-16-8-9-18-19(13-16)30-15-29-18/h2-9,13H,1,10-12,14-15H2,(H,23,27). The van der Waals surface area contributed by atoms with E-state index in [4.69, 9.17) is 14.2 Å². The highest BCUT2D eigenvalue weighted by Crippen LogP contribution is 2.34. The van der Waals surface area contributed by atoms with E-state index in [-0.39, 0.29) is 12.7 Å². The number of nitrogens with one attached hydrogen (secondary N) is 1. The van der Waals surface area contributed by atoms with Gasteiger partial charge < -0.3 is 19.5 Å². The normalized spacial score (nSPS) is 11.9. The second-order valence-electron chi connectivity index (χ2n) is 6.61. The van der Waals surface area contributed by atoms with Gasteiger partial charge in [0.25, 0.3) is 0 Å². The van der Waals surface area contributed by atoms with Crippen LogP contribution in [0.3, 0.4) is 0 Å². The molecule has 2 heterocycles. The molecule has 1 aliphatic heterocycles. The topological polar surface area (TPSA) is 87.5 Å². The lowest BCUT2D eigenvalue weighted by Crippen LogP contribution is -2.12. The molecule has 0 unspecified atom stereocenters. The summed E-state index contributed by atoms with van der Waals surface area (Å²) in [5, 5.41) is 12.1. The van der Waals surface area contributed by atoms with Crippen molar-refractivity contribution in [2.45, 2.75) is 24.7 Å². The van der Waals surface area contributed by atoms with Gasteiger partial charge in [0, 0.05) is 30.5 Å². The highest BCUT2D eigenvalue weighted by molar-refractivity contribution is 7.99. The molecule has 0 atom stereocenters. The van der Waals surface area contributed by atoms with Gasteiger partial charge in [-0.05, 0) is 24.3 Å². The van der Waals surface area contributed by atoms with Gasteiger partial charge in [-0.1, -0.05) is 36.0 Å². The molecule has 8 nitrogen and oxygen atoms in total. The molecule has 2 aromatic carbocycles. The largest absolute Gasteiger partial charge is 0.486 e. The van der Waals surface area contributed by atoms with E-state index in [0.717, 1.165) is 10.9 Å². The number of para-hydroxylation sites is 1. The molecule has 160 valence electrons. The van der Waals surface area contributed by atoms with Gasteiger partial charge in [-0.2, -0.15) is 0 Å². The lowest BCUT2D eigenvalue weighted by Gasteiger charge is -2.09. The first kappa shape index (κ1) is 20.8. The molecule has 0 saturated heterocycles. The molecule has 31 heavy (non-hydrogen) atoms. The van der Waals surface area contributed by atoms with Crippen molar-refractivity contribution in [1.29, 1.82) is 0 Å². The van der Waals surface area contributed by atoms with Crippen LogP contribution in [0.1, 0.15) is 12.2 Å². The van der Waals surface area contributed by atoms with Gasteiger partial charge in [0.2, 0.25) is 12.7 Å². The minimum atomic E-state index is -0.0891. The van der Waals surface area contributed by atoms with Crippen molar-refractivity contribution in [2.75, 3.05) is 17.9 Å². The Kier molecular flexibility index (Phi) is 6.73. The molecular formula is C22H22N4O4S. The Balaban J connectivity index is 1.30. The Hall–Kier alpha value is -3.46. The van der Waals surface area contributed by atoms with Crippen LogP contribution in [0.15, 0.2) is 66.3 Å². The van der Waals surface area contributed by atoms with Crippen LogP contribution >= 0.6 is 11.8 Å². The molecule has 0 fully saturated rings. The fraction of sp³-hybridized carbons (Fsp3) is 0.227. The zero-order valence-electron chi connectivity index (χ0n) is 16.8. The third kappa shape index (κ3) is 5.37. The van der Waals surface area contributed by atoms with Gasteiger partial charge in [-0.25, -0.2) is 0 Å². The number of anilines is 1. The molecular weight excluding hydrogens is 416 g/mol. The number of hydrogen-bond acceptors (Lipinski definition) is 7. The van der Waals surface area contributed by atoms with Crippen molar-refractivity contribution in [3.8, 4) is 17.2 Å². The number of benzene rings is 2. The quantitative estimate of drug-likeness (QED) is 0.379. The maximum Gasteiger partial charge on any atom is 0.231 e. The number of carbonyl (C=O) groups is 1. The van der Waals surface area contributed by atoms with Crippen molar-refractivity contribution in [1.82, 2.24) is 14.8 Å². The first-order valence-electron chi connectivity index (χ1n) is 9.76. The molecule has 1 N–H and O–H groups in total. The summed E-state index contributed by atoms with van der Waals surface area (Å²) in [6.45, 7) is 4.87. The molecule has 1 amide bonds. The van der Waals surface area contributed by atoms with Crippen LogP contribution in [-0.2, 0) is 17.9 Å². The molecule has 1 aliphatic rings. The van der Waals surface area contributed by atoms with Gasteiger partial charge >= 0.3 is 0 Å². The van der Waals surface area contributed by atoms with Crippen LogP contribution in [0.4, 0.5) is 5.69 Å². The highest BCUT2D eigenvalue weighted by atomic mass is 32.2. The fourth-order valence-corrected chi connectivity index (χ4v) is 3.85. The molecule has 0 aliphatic carbocycles. The zero-order chi connectivity index (χ0) is 21.5. The summed E-state index contributed by atoms with van der Waals surface area (Å²) in [6.07, 6.45) is 2.11. The first-order chi connectivity index (χ1) is 15.2. The van der Waals surface area contributed by atoms with E-state index in [2.05, 4.69) is 22.1 Å². The number of rotatable bonds is 10. The molecule has 9 heteroatoms. The van der Waals surface area contributed by atoms with Crippen molar-refractivity contribution in [3.05, 3.63) is 67.0 Å². The fourth-order valence-electron chi connectivity index (χ4n) is 2.94. The van der Waals surface area contributed by atoms with Gasteiger partial charge in [0.15, 0.2) is 22.5 Å². The first-order valence-corrected chi connectivity index (χ1v) is 10.7. The maximum absolute atomic E-state index is 12.3. The average Bonchev–Trinajstić information content (AvgIpc) is 3.40. The number of aromatic nitrogens is 3. The van der Waals surface area contributed by atoms with E-state index in [0.29, 0.717) is 48.3 Å². The molecule has 0 radical (unpaired) electrons. The van der Waals surface area contributed by atoms with Crippen molar-refractivity contribution in [2.24, 2.45) is 0 Å². The van der Waals surface area contributed by atoms with E-state index in [1.165, 1.54) is 11.8 Å². The molecule has 4 rings (SSSR count). The summed E-state index contributed by atoms with van der Waals surface area (Å²) < 4.78 is 18.3. The lowest BCUT2D eigenvalue weighted by atomic mass is 10.2. The summed E-state index contributed by atoms with van der Waals surface area (Å²) in [6, 6.07) is 14.9. The number of ether oxygens (including phenoxy) is 3.